The molecule has 3 aliphatic heterocycles. The highest BCUT2D eigenvalue weighted by Gasteiger charge is 2.35. The quantitative estimate of drug-likeness (QED) is 0.395. The van der Waals surface area contributed by atoms with E-state index in [1.165, 1.54) is 7.11 Å². The number of hydrazine groups is 1. The monoisotopic (exact) mass is 440 g/mol. The van der Waals surface area contributed by atoms with Crippen LogP contribution in [0.15, 0.2) is 0 Å². The second-order valence-corrected chi connectivity index (χ2v) is 7.30. The van der Waals surface area contributed by atoms with Gasteiger partial charge in [-0.25, -0.2) is 10.0 Å². The van der Waals surface area contributed by atoms with E-state index in [-0.39, 0.29) is 52.4 Å². The van der Waals surface area contributed by atoms with Crippen LogP contribution in [0.25, 0.3) is 0 Å². The number of carbonyl (C=O) groups excluding carboxylic acids is 3. The standard InChI is InChI=1S/C19H25ClN4O6/c1-4-23-8-10(9-24(23)5-2)22-19(27)13-16-14(20)15(21)18(17(13)28-3)30-12(26)7-6-11(25)29-16/h10H,4-9,21H2,1-3H3,(H,22,27). The lowest BCUT2D eigenvalue weighted by Crippen LogP contribution is -2.39. The molecule has 0 atom stereocenters. The fraction of sp³-hybridized carbons (Fsp3) is 0.526. The second-order valence-electron chi connectivity index (χ2n) is 6.92. The number of nitrogens with zero attached hydrogens (tertiary/aromatic N) is 2. The third kappa shape index (κ3) is 4.16. The molecule has 3 aliphatic rings. The van der Waals surface area contributed by atoms with Crippen LogP contribution in [0.1, 0.15) is 37.0 Å². The number of rotatable bonds is 5. The van der Waals surface area contributed by atoms with Gasteiger partial charge >= 0.3 is 11.9 Å². The number of anilines is 1. The van der Waals surface area contributed by atoms with Crippen molar-refractivity contribution >= 4 is 35.1 Å². The number of halogens is 1. The van der Waals surface area contributed by atoms with Crippen molar-refractivity contribution in [1.29, 1.82) is 0 Å². The van der Waals surface area contributed by atoms with E-state index in [2.05, 4.69) is 15.3 Å². The van der Waals surface area contributed by atoms with Crippen LogP contribution in [0.2, 0.25) is 5.02 Å². The summed E-state index contributed by atoms with van der Waals surface area (Å²) in [6, 6.07) is -0.180. The van der Waals surface area contributed by atoms with Gasteiger partial charge in [-0.15, -0.1) is 0 Å². The number of methoxy groups -OCH3 is 1. The average Bonchev–Trinajstić information content (AvgIpc) is 3.13. The van der Waals surface area contributed by atoms with E-state index in [9.17, 15) is 14.4 Å². The van der Waals surface area contributed by atoms with E-state index in [1.807, 2.05) is 13.8 Å². The largest absolute Gasteiger partial charge is 0.492 e. The van der Waals surface area contributed by atoms with Crippen LogP contribution < -0.4 is 25.3 Å². The van der Waals surface area contributed by atoms with Gasteiger partial charge in [0.25, 0.3) is 5.91 Å². The van der Waals surface area contributed by atoms with Crippen molar-refractivity contribution in [2.75, 3.05) is 39.0 Å². The highest BCUT2D eigenvalue weighted by atomic mass is 35.5. The van der Waals surface area contributed by atoms with Gasteiger partial charge in [0.05, 0.1) is 26.0 Å². The molecule has 0 radical (unpaired) electrons. The van der Waals surface area contributed by atoms with E-state index >= 15 is 0 Å². The Hall–Kier alpha value is -2.56. The lowest BCUT2D eigenvalue weighted by Gasteiger charge is -2.24. The van der Waals surface area contributed by atoms with Crippen molar-refractivity contribution in [2.24, 2.45) is 0 Å². The molecule has 2 bridgehead atoms. The maximum Gasteiger partial charge on any atom is 0.311 e. The van der Waals surface area contributed by atoms with Gasteiger partial charge in [0.15, 0.2) is 17.2 Å². The molecule has 164 valence electrons. The molecule has 0 spiro atoms. The lowest BCUT2D eigenvalue weighted by atomic mass is 10.1. The van der Waals surface area contributed by atoms with Crippen molar-refractivity contribution < 1.29 is 28.6 Å². The summed E-state index contributed by atoms with van der Waals surface area (Å²) in [5.74, 6) is -2.54. The molecular formula is C19H25ClN4O6. The zero-order valence-electron chi connectivity index (χ0n) is 17.1. The topological polar surface area (TPSA) is 123 Å². The molecule has 3 heterocycles. The van der Waals surface area contributed by atoms with E-state index in [1.54, 1.807) is 0 Å². The summed E-state index contributed by atoms with van der Waals surface area (Å²) in [6.07, 6.45) is -0.433. The highest BCUT2D eigenvalue weighted by molar-refractivity contribution is 6.36. The first-order chi connectivity index (χ1) is 14.3. The molecule has 4 rings (SSSR count). The van der Waals surface area contributed by atoms with Crippen LogP contribution in [-0.2, 0) is 9.59 Å². The Morgan fingerprint density at radius 2 is 1.67 bits per heavy atom. The number of likely N-dealkylation sites (N-methyl/N-ethyl adjacent to an activating group) is 2. The summed E-state index contributed by atoms with van der Waals surface area (Å²) in [4.78, 5) is 37.5. The molecule has 11 heteroatoms. The minimum absolute atomic E-state index is 0.120. The molecule has 1 amide bonds. The third-order valence-electron chi connectivity index (χ3n) is 5.06. The van der Waals surface area contributed by atoms with Crippen molar-refractivity contribution in [3.63, 3.8) is 0 Å². The fourth-order valence-electron chi connectivity index (χ4n) is 3.61. The summed E-state index contributed by atoms with van der Waals surface area (Å²) < 4.78 is 15.9. The SMILES string of the molecule is CCN1CC(NC(=O)c2c3c(Cl)c(N)c(c2OC)OC(=O)CCC(=O)O3)CN1CC. The van der Waals surface area contributed by atoms with Gasteiger partial charge in [-0.1, -0.05) is 25.4 Å². The van der Waals surface area contributed by atoms with Crippen molar-refractivity contribution in [3.8, 4) is 17.2 Å². The molecule has 3 N–H and O–H groups in total. The average molecular weight is 441 g/mol. The van der Waals surface area contributed by atoms with Gasteiger partial charge < -0.3 is 25.3 Å². The molecule has 0 saturated carbocycles. The van der Waals surface area contributed by atoms with Crippen LogP contribution in [-0.4, -0.2) is 67.2 Å². The zero-order chi connectivity index (χ0) is 22.0. The van der Waals surface area contributed by atoms with Gasteiger partial charge in [-0.05, 0) is 0 Å². The smallest absolute Gasteiger partial charge is 0.311 e. The zero-order valence-corrected chi connectivity index (χ0v) is 17.9. The van der Waals surface area contributed by atoms with Crippen LogP contribution >= 0.6 is 11.6 Å². The number of fused-ring (bicyclic) bond motifs is 7. The number of nitrogens with one attached hydrogen (secondary N) is 1. The summed E-state index contributed by atoms with van der Waals surface area (Å²) in [5.41, 5.74) is 5.69. The molecule has 1 fully saturated rings. The summed E-state index contributed by atoms with van der Waals surface area (Å²) in [5, 5.41) is 6.98. The van der Waals surface area contributed by atoms with Crippen LogP contribution in [0.5, 0.6) is 17.2 Å². The van der Waals surface area contributed by atoms with E-state index < -0.39 is 17.8 Å². The number of nitrogen functional groups attached to an aromatic ring is 1. The molecule has 0 aliphatic carbocycles. The Labute approximate surface area is 179 Å². The predicted molar refractivity (Wildman–Crippen MR) is 109 cm³/mol. The van der Waals surface area contributed by atoms with Gasteiger partial charge in [0, 0.05) is 26.2 Å². The first kappa shape index (κ1) is 22.1. The fourth-order valence-corrected chi connectivity index (χ4v) is 3.83. The molecule has 0 unspecified atom stereocenters. The predicted octanol–water partition coefficient (Wildman–Crippen LogP) is 1.21. The van der Waals surface area contributed by atoms with Crippen LogP contribution in [0, 0.1) is 0 Å². The van der Waals surface area contributed by atoms with E-state index in [0.717, 1.165) is 13.1 Å². The Kier molecular flexibility index (Phi) is 6.69. The molecule has 30 heavy (non-hydrogen) atoms. The number of hydrogen-bond donors (Lipinski definition) is 2. The second kappa shape index (κ2) is 9.07. The lowest BCUT2D eigenvalue weighted by molar-refractivity contribution is -0.140. The highest BCUT2D eigenvalue weighted by Crippen LogP contribution is 2.49. The van der Waals surface area contributed by atoms with Crippen LogP contribution in [0.3, 0.4) is 0 Å². The Bertz CT molecular complexity index is 865. The number of carbonyl (C=O) groups is 3. The minimum Gasteiger partial charge on any atom is -0.492 e. The number of ether oxygens (including phenoxy) is 3. The summed E-state index contributed by atoms with van der Waals surface area (Å²) >= 11 is 6.29. The maximum atomic E-state index is 13.2. The third-order valence-corrected chi connectivity index (χ3v) is 5.44. The Morgan fingerprint density at radius 1 is 1.13 bits per heavy atom. The number of hydrogen-bond acceptors (Lipinski definition) is 9. The summed E-state index contributed by atoms with van der Waals surface area (Å²) in [6.45, 7) is 6.93. The van der Waals surface area contributed by atoms with Gasteiger partial charge in [-0.2, -0.15) is 0 Å². The van der Waals surface area contributed by atoms with Crippen LogP contribution in [0.4, 0.5) is 5.69 Å². The van der Waals surface area contributed by atoms with E-state index in [4.69, 9.17) is 31.5 Å². The molecular weight excluding hydrogens is 416 g/mol. The molecule has 10 nitrogen and oxygen atoms in total. The van der Waals surface area contributed by atoms with E-state index in [0.29, 0.717) is 13.1 Å². The number of esters is 2. The Morgan fingerprint density at radius 3 is 2.17 bits per heavy atom. The van der Waals surface area contributed by atoms with Gasteiger partial charge in [-0.3, -0.25) is 14.4 Å². The molecule has 1 aromatic rings. The van der Waals surface area contributed by atoms with Crippen molar-refractivity contribution in [1.82, 2.24) is 15.3 Å². The van der Waals surface area contributed by atoms with Crippen molar-refractivity contribution in [2.45, 2.75) is 32.7 Å². The minimum atomic E-state index is -0.741. The first-order valence-electron chi connectivity index (χ1n) is 9.71. The normalized spacial score (nSPS) is 18.3. The summed E-state index contributed by atoms with van der Waals surface area (Å²) in [7, 11) is 1.29. The van der Waals surface area contributed by atoms with Gasteiger partial charge in [0.1, 0.15) is 16.3 Å². The van der Waals surface area contributed by atoms with Crippen molar-refractivity contribution in [3.05, 3.63) is 10.6 Å². The number of nitrogens with two attached hydrogens (primary N) is 1. The molecule has 0 aromatic heterocycles. The first-order valence-corrected chi connectivity index (χ1v) is 10.1. The number of benzene rings is 1. The number of amides is 1. The maximum absolute atomic E-state index is 13.2. The Balaban J connectivity index is 2.03. The van der Waals surface area contributed by atoms with Gasteiger partial charge in [0.2, 0.25) is 0 Å². The molecule has 1 aromatic carbocycles. The molecule has 1 saturated heterocycles.